The van der Waals surface area contributed by atoms with E-state index in [1.54, 1.807) is 31.2 Å². The van der Waals surface area contributed by atoms with Crippen molar-refractivity contribution in [2.45, 2.75) is 26.7 Å². The topological polar surface area (TPSA) is 77.5 Å². The smallest absolute Gasteiger partial charge is 0.321 e. The molecule has 0 radical (unpaired) electrons. The largest absolute Gasteiger partial charge is 0.465 e. The third-order valence-electron chi connectivity index (χ3n) is 2.89. The Hall–Kier alpha value is -1.69. The van der Waals surface area contributed by atoms with Crippen LogP contribution >= 0.6 is 0 Å². The van der Waals surface area contributed by atoms with Crippen LogP contribution in [0.5, 0.6) is 0 Å². The number of ketones is 1. The Morgan fingerprint density at radius 2 is 1.67 bits per heavy atom. The first-order valence-corrected chi connectivity index (χ1v) is 8.56. The van der Waals surface area contributed by atoms with Crippen molar-refractivity contribution in [1.82, 2.24) is 0 Å². The van der Waals surface area contributed by atoms with Gasteiger partial charge in [-0.25, -0.2) is 8.42 Å². The number of hydrogen-bond donors (Lipinski definition) is 0. The zero-order valence-corrected chi connectivity index (χ0v) is 13.3. The van der Waals surface area contributed by atoms with Gasteiger partial charge >= 0.3 is 5.97 Å². The molecule has 6 heteroatoms. The molecular weight excluding hydrogens is 292 g/mol. The fourth-order valence-corrected chi connectivity index (χ4v) is 2.88. The molecule has 0 saturated heterocycles. The van der Waals surface area contributed by atoms with Crippen molar-refractivity contribution in [3.8, 4) is 0 Å². The molecule has 0 amide bonds. The van der Waals surface area contributed by atoms with Crippen LogP contribution in [0.2, 0.25) is 0 Å². The zero-order valence-electron chi connectivity index (χ0n) is 12.5. The summed E-state index contributed by atoms with van der Waals surface area (Å²) < 4.78 is 28.1. The van der Waals surface area contributed by atoms with Crippen LogP contribution in [0, 0.1) is 0 Å². The van der Waals surface area contributed by atoms with E-state index in [1.807, 2.05) is 13.8 Å². The zero-order chi connectivity index (χ0) is 16.0. The predicted octanol–water partition coefficient (Wildman–Crippen LogP) is 1.97. The molecule has 0 saturated carbocycles. The Balaban J connectivity index is 2.73. The van der Waals surface area contributed by atoms with Gasteiger partial charge in [0.25, 0.3) is 0 Å². The summed E-state index contributed by atoms with van der Waals surface area (Å²) in [5.74, 6) is -2.47. The summed E-state index contributed by atoms with van der Waals surface area (Å²) in [5.41, 5.74) is 1.40. The Kier molecular flexibility index (Phi) is 6.08. The van der Waals surface area contributed by atoms with Crippen LogP contribution in [-0.2, 0) is 19.4 Å². The lowest BCUT2D eigenvalue weighted by atomic mass is 10.0. The highest BCUT2D eigenvalue weighted by Gasteiger charge is 2.22. The second-order valence-electron chi connectivity index (χ2n) is 5.04. The second-order valence-corrected chi connectivity index (χ2v) is 7.10. The lowest BCUT2D eigenvalue weighted by molar-refractivity contribution is -0.139. The van der Waals surface area contributed by atoms with Crippen LogP contribution in [0.25, 0.3) is 0 Å². The van der Waals surface area contributed by atoms with Crippen molar-refractivity contribution in [2.75, 3.05) is 18.1 Å². The number of ether oxygens (including phenoxy) is 1. The van der Waals surface area contributed by atoms with Crippen LogP contribution in [0.3, 0.4) is 0 Å². The molecule has 0 unspecified atom stereocenters. The normalized spacial score (nSPS) is 11.4. The van der Waals surface area contributed by atoms with Crippen molar-refractivity contribution in [1.29, 1.82) is 0 Å². The molecule has 0 N–H and O–H groups in total. The highest BCUT2D eigenvalue weighted by molar-refractivity contribution is 7.92. The van der Waals surface area contributed by atoms with Gasteiger partial charge in [0.1, 0.15) is 11.5 Å². The molecule has 0 fully saturated rings. The molecule has 1 aromatic rings. The summed E-state index contributed by atoms with van der Waals surface area (Å²) >= 11 is 0. The van der Waals surface area contributed by atoms with E-state index in [-0.39, 0.29) is 6.61 Å². The Labute approximate surface area is 125 Å². The number of sulfone groups is 1. The first kappa shape index (κ1) is 17.4. The number of Topliss-reactive ketones (excluding diaryl/α,β-unsaturated/α-hetero) is 1. The van der Waals surface area contributed by atoms with Crippen LogP contribution in [0.4, 0.5) is 0 Å². The number of carbonyl (C=O) groups is 2. The summed E-state index contributed by atoms with van der Waals surface area (Å²) in [6.07, 6.45) is 0. The summed E-state index contributed by atoms with van der Waals surface area (Å²) in [7, 11) is -3.80. The Morgan fingerprint density at radius 1 is 1.10 bits per heavy atom. The van der Waals surface area contributed by atoms with Crippen LogP contribution < -0.4 is 0 Å². The molecule has 0 bridgehead atoms. The summed E-state index contributed by atoms with van der Waals surface area (Å²) in [6.45, 7) is 5.76. The molecule has 0 aromatic heterocycles. The van der Waals surface area contributed by atoms with Crippen LogP contribution in [0.1, 0.15) is 42.6 Å². The fraction of sp³-hybridized carbons (Fsp3) is 0.467. The SMILES string of the molecule is CCOC(=O)CS(=O)(=O)CC(=O)c1ccc(C(C)C)cc1. The van der Waals surface area contributed by atoms with Crippen molar-refractivity contribution in [2.24, 2.45) is 0 Å². The van der Waals surface area contributed by atoms with E-state index in [1.165, 1.54) is 0 Å². The van der Waals surface area contributed by atoms with E-state index in [9.17, 15) is 18.0 Å². The number of esters is 1. The van der Waals surface area contributed by atoms with Gasteiger partial charge in [-0.2, -0.15) is 0 Å². The van der Waals surface area contributed by atoms with Gasteiger partial charge < -0.3 is 4.74 Å². The van der Waals surface area contributed by atoms with E-state index in [4.69, 9.17) is 0 Å². The van der Waals surface area contributed by atoms with Crippen LogP contribution in [-0.4, -0.2) is 38.3 Å². The molecule has 0 atom stereocenters. The summed E-state index contributed by atoms with van der Waals surface area (Å²) in [5, 5.41) is 0. The molecule has 0 aliphatic carbocycles. The molecule has 0 aliphatic heterocycles. The van der Waals surface area contributed by atoms with Crippen LogP contribution in [0.15, 0.2) is 24.3 Å². The molecule has 1 aromatic carbocycles. The van der Waals surface area contributed by atoms with E-state index >= 15 is 0 Å². The van der Waals surface area contributed by atoms with Gasteiger partial charge in [0.2, 0.25) is 0 Å². The lowest BCUT2D eigenvalue weighted by Crippen LogP contribution is -2.25. The maximum atomic E-state index is 11.9. The molecule has 116 valence electrons. The van der Waals surface area contributed by atoms with Gasteiger partial charge in [-0.3, -0.25) is 9.59 Å². The van der Waals surface area contributed by atoms with Gasteiger partial charge in [0, 0.05) is 5.56 Å². The average molecular weight is 312 g/mol. The van der Waals surface area contributed by atoms with E-state index in [2.05, 4.69) is 4.74 Å². The molecule has 1 rings (SSSR count). The number of benzene rings is 1. The highest BCUT2D eigenvalue weighted by Crippen LogP contribution is 2.15. The molecule has 0 spiro atoms. The Morgan fingerprint density at radius 3 is 2.14 bits per heavy atom. The monoisotopic (exact) mass is 312 g/mol. The first-order chi connectivity index (χ1) is 9.75. The van der Waals surface area contributed by atoms with Crippen molar-refractivity contribution < 1.29 is 22.7 Å². The minimum absolute atomic E-state index is 0.110. The van der Waals surface area contributed by atoms with Crippen molar-refractivity contribution in [3.63, 3.8) is 0 Å². The van der Waals surface area contributed by atoms with Crippen molar-refractivity contribution in [3.05, 3.63) is 35.4 Å². The number of carbonyl (C=O) groups excluding carboxylic acids is 2. The maximum Gasteiger partial charge on any atom is 0.321 e. The van der Waals surface area contributed by atoms with Gasteiger partial charge in [0.15, 0.2) is 15.6 Å². The number of rotatable bonds is 7. The van der Waals surface area contributed by atoms with E-state index < -0.39 is 33.1 Å². The third kappa shape index (κ3) is 5.67. The maximum absolute atomic E-state index is 11.9. The minimum atomic E-state index is -3.80. The molecule has 21 heavy (non-hydrogen) atoms. The van der Waals surface area contributed by atoms with E-state index in [0.29, 0.717) is 11.5 Å². The first-order valence-electron chi connectivity index (χ1n) is 6.74. The standard InChI is InChI=1S/C15H20O5S/c1-4-20-15(17)10-21(18,19)9-14(16)13-7-5-12(6-8-13)11(2)3/h5-8,11H,4,9-10H2,1-3H3. The molecule has 5 nitrogen and oxygen atoms in total. The van der Waals surface area contributed by atoms with Gasteiger partial charge in [-0.1, -0.05) is 38.1 Å². The van der Waals surface area contributed by atoms with Crippen molar-refractivity contribution >= 4 is 21.6 Å². The van der Waals surface area contributed by atoms with E-state index in [0.717, 1.165) is 5.56 Å². The fourth-order valence-electron chi connectivity index (χ4n) is 1.77. The van der Waals surface area contributed by atoms with Gasteiger partial charge in [-0.15, -0.1) is 0 Å². The predicted molar refractivity (Wildman–Crippen MR) is 80.1 cm³/mol. The summed E-state index contributed by atoms with van der Waals surface area (Å²) in [4.78, 5) is 23.1. The quantitative estimate of drug-likeness (QED) is 0.568. The number of hydrogen-bond acceptors (Lipinski definition) is 5. The minimum Gasteiger partial charge on any atom is -0.465 e. The van der Waals surface area contributed by atoms with Gasteiger partial charge in [-0.05, 0) is 18.4 Å². The molecular formula is C15H20O5S. The Bertz CT molecular complexity index is 599. The van der Waals surface area contributed by atoms with Gasteiger partial charge in [0.05, 0.1) is 6.61 Å². The average Bonchev–Trinajstić information content (AvgIpc) is 2.37. The lowest BCUT2D eigenvalue weighted by Gasteiger charge is -2.07. The molecule has 0 aliphatic rings. The molecule has 0 heterocycles. The third-order valence-corrected chi connectivity index (χ3v) is 4.27. The summed E-state index contributed by atoms with van der Waals surface area (Å²) in [6, 6.07) is 6.82. The second kappa shape index (κ2) is 7.36. The highest BCUT2D eigenvalue weighted by atomic mass is 32.2.